The highest BCUT2D eigenvalue weighted by atomic mass is 19.2. The summed E-state index contributed by atoms with van der Waals surface area (Å²) in [6.07, 6.45) is 1.91. The maximum Gasteiger partial charge on any atom is 0.195 e. The van der Waals surface area contributed by atoms with Crippen molar-refractivity contribution < 1.29 is 22.3 Å². The van der Waals surface area contributed by atoms with Crippen LogP contribution >= 0.6 is 0 Å². The lowest BCUT2D eigenvalue weighted by Gasteiger charge is -2.05. The number of hydrogen-bond donors (Lipinski definition) is 0. The molecule has 0 heterocycles. The SMILES string of the molecule is CCCCOc1ccc(C#Cc2ccc(C#Cc3ccc4c(F)c(F)c(F)cc4c3)cc2)c(F)c1. The number of rotatable bonds is 4. The number of fused-ring (bicyclic) bond motifs is 1. The molecule has 0 atom stereocenters. The van der Waals surface area contributed by atoms with Gasteiger partial charge in [-0.15, -0.1) is 0 Å². The molecule has 4 aromatic rings. The minimum Gasteiger partial charge on any atom is -0.493 e. The molecule has 1 nitrogen and oxygen atoms in total. The highest BCUT2D eigenvalue weighted by Crippen LogP contribution is 2.24. The van der Waals surface area contributed by atoms with Crippen LogP contribution in [-0.2, 0) is 0 Å². The third-order valence-electron chi connectivity index (χ3n) is 5.26. The minimum absolute atomic E-state index is 0.00697. The molecule has 0 aliphatic carbocycles. The van der Waals surface area contributed by atoms with Crippen molar-refractivity contribution in [2.75, 3.05) is 6.61 Å². The fraction of sp³-hybridized carbons (Fsp3) is 0.133. The molecule has 0 aliphatic rings. The van der Waals surface area contributed by atoms with E-state index in [0.717, 1.165) is 18.9 Å². The average Bonchev–Trinajstić information content (AvgIpc) is 2.86. The largest absolute Gasteiger partial charge is 0.493 e. The van der Waals surface area contributed by atoms with Gasteiger partial charge in [-0.1, -0.05) is 43.1 Å². The number of hydrogen-bond acceptors (Lipinski definition) is 1. The molecular formula is C30H20F4O. The standard InChI is InChI=1S/C30H20F4O/c1-2-3-16-35-25-14-13-23(27(31)19-25)12-10-21-6-4-20(5-7-21)8-9-22-11-15-26-24(17-22)18-28(32)30(34)29(26)33/h4-7,11,13-15,17-19H,2-3,16H2,1H3. The summed E-state index contributed by atoms with van der Waals surface area (Å²) in [4.78, 5) is 0. The zero-order valence-electron chi connectivity index (χ0n) is 18.9. The molecule has 4 rings (SSSR count). The molecule has 5 heteroatoms. The van der Waals surface area contributed by atoms with E-state index in [1.54, 1.807) is 42.5 Å². The molecule has 0 unspecified atom stereocenters. The monoisotopic (exact) mass is 472 g/mol. The summed E-state index contributed by atoms with van der Waals surface area (Å²) in [5.41, 5.74) is 2.20. The van der Waals surface area contributed by atoms with Gasteiger partial charge in [-0.2, -0.15) is 0 Å². The number of halogens is 4. The minimum atomic E-state index is -1.49. The first-order valence-electron chi connectivity index (χ1n) is 11.1. The Labute approximate surface area is 201 Å². The van der Waals surface area contributed by atoms with E-state index < -0.39 is 23.3 Å². The fourth-order valence-electron chi connectivity index (χ4n) is 3.32. The van der Waals surface area contributed by atoms with E-state index in [2.05, 4.69) is 30.6 Å². The van der Waals surface area contributed by atoms with Crippen LogP contribution in [-0.4, -0.2) is 6.61 Å². The topological polar surface area (TPSA) is 9.23 Å². The van der Waals surface area contributed by atoms with Crippen molar-refractivity contribution in [3.8, 4) is 29.4 Å². The van der Waals surface area contributed by atoms with Gasteiger partial charge in [-0.25, -0.2) is 17.6 Å². The lowest BCUT2D eigenvalue weighted by molar-refractivity contribution is 0.308. The normalized spacial score (nSPS) is 10.3. The van der Waals surface area contributed by atoms with Gasteiger partial charge in [0.1, 0.15) is 11.6 Å². The Morgan fingerprint density at radius 1 is 0.657 bits per heavy atom. The first kappa shape index (κ1) is 23.9. The molecule has 0 bridgehead atoms. The van der Waals surface area contributed by atoms with Crippen LogP contribution in [0.2, 0.25) is 0 Å². The Morgan fingerprint density at radius 3 is 2.00 bits per heavy atom. The Hall–Kier alpha value is -4.22. The lowest BCUT2D eigenvalue weighted by atomic mass is 10.1. The predicted octanol–water partition coefficient (Wildman–Crippen LogP) is 7.37. The van der Waals surface area contributed by atoms with Gasteiger partial charge in [0.15, 0.2) is 17.5 Å². The molecule has 174 valence electrons. The third-order valence-corrected chi connectivity index (χ3v) is 5.26. The summed E-state index contributed by atoms with van der Waals surface area (Å²) in [5, 5.41) is 0.221. The van der Waals surface area contributed by atoms with Gasteiger partial charge in [0.2, 0.25) is 0 Å². The van der Waals surface area contributed by atoms with Gasteiger partial charge in [0.25, 0.3) is 0 Å². The van der Waals surface area contributed by atoms with Crippen LogP contribution in [0.4, 0.5) is 17.6 Å². The average molecular weight is 472 g/mol. The molecule has 0 N–H and O–H groups in total. The van der Waals surface area contributed by atoms with E-state index in [-0.39, 0.29) is 16.3 Å². The molecule has 0 spiro atoms. The summed E-state index contributed by atoms with van der Waals surface area (Å²) >= 11 is 0. The smallest absolute Gasteiger partial charge is 0.195 e. The predicted molar refractivity (Wildman–Crippen MR) is 129 cm³/mol. The van der Waals surface area contributed by atoms with Crippen LogP contribution in [0, 0.1) is 47.0 Å². The zero-order valence-corrected chi connectivity index (χ0v) is 18.9. The van der Waals surface area contributed by atoms with Gasteiger partial charge >= 0.3 is 0 Å². The van der Waals surface area contributed by atoms with Gasteiger partial charge in [0, 0.05) is 28.1 Å². The maximum absolute atomic E-state index is 14.3. The Kier molecular flexibility index (Phi) is 7.38. The Morgan fingerprint density at radius 2 is 1.31 bits per heavy atom. The van der Waals surface area contributed by atoms with Gasteiger partial charge < -0.3 is 4.74 Å². The molecule has 0 saturated carbocycles. The van der Waals surface area contributed by atoms with E-state index >= 15 is 0 Å². The molecule has 35 heavy (non-hydrogen) atoms. The number of benzene rings is 4. The van der Waals surface area contributed by atoms with Crippen molar-refractivity contribution in [1.82, 2.24) is 0 Å². The Balaban J connectivity index is 1.47. The van der Waals surface area contributed by atoms with E-state index in [4.69, 9.17) is 4.74 Å². The van der Waals surface area contributed by atoms with Crippen LogP contribution in [0.15, 0.2) is 66.7 Å². The number of unbranched alkanes of at least 4 members (excludes halogenated alkanes) is 1. The van der Waals surface area contributed by atoms with Crippen molar-refractivity contribution >= 4 is 10.8 Å². The summed E-state index contributed by atoms with van der Waals surface area (Å²) in [6, 6.07) is 17.1. The lowest BCUT2D eigenvalue weighted by Crippen LogP contribution is -1.97. The van der Waals surface area contributed by atoms with Crippen molar-refractivity contribution in [2.45, 2.75) is 19.8 Å². The van der Waals surface area contributed by atoms with E-state index in [0.29, 0.717) is 29.0 Å². The molecule has 0 radical (unpaired) electrons. The van der Waals surface area contributed by atoms with Crippen LogP contribution in [0.5, 0.6) is 5.75 Å². The van der Waals surface area contributed by atoms with Gasteiger partial charge in [-0.05, 0) is 66.4 Å². The third kappa shape index (κ3) is 5.83. The molecular weight excluding hydrogens is 452 g/mol. The van der Waals surface area contributed by atoms with Gasteiger partial charge in [0.05, 0.1) is 12.2 Å². The van der Waals surface area contributed by atoms with E-state index in [1.165, 1.54) is 18.2 Å². The summed E-state index contributed by atoms with van der Waals surface area (Å²) < 4.78 is 60.5. The summed E-state index contributed by atoms with van der Waals surface area (Å²) in [6.45, 7) is 2.61. The highest BCUT2D eigenvalue weighted by molar-refractivity contribution is 5.84. The molecule has 0 fully saturated rings. The van der Waals surface area contributed by atoms with E-state index in [9.17, 15) is 17.6 Å². The van der Waals surface area contributed by atoms with Crippen LogP contribution < -0.4 is 4.74 Å². The fourth-order valence-corrected chi connectivity index (χ4v) is 3.32. The van der Waals surface area contributed by atoms with Crippen LogP contribution in [0.3, 0.4) is 0 Å². The summed E-state index contributed by atoms with van der Waals surface area (Å²) in [7, 11) is 0. The molecule has 0 saturated heterocycles. The second-order valence-electron chi connectivity index (χ2n) is 7.84. The molecule has 0 aliphatic heterocycles. The van der Waals surface area contributed by atoms with Crippen molar-refractivity contribution in [3.05, 3.63) is 112 Å². The second kappa shape index (κ2) is 10.8. The van der Waals surface area contributed by atoms with Crippen molar-refractivity contribution in [1.29, 1.82) is 0 Å². The molecule has 4 aromatic carbocycles. The van der Waals surface area contributed by atoms with Gasteiger partial charge in [-0.3, -0.25) is 0 Å². The van der Waals surface area contributed by atoms with Crippen LogP contribution in [0.1, 0.15) is 42.0 Å². The highest BCUT2D eigenvalue weighted by Gasteiger charge is 2.13. The van der Waals surface area contributed by atoms with E-state index in [1.807, 2.05) is 0 Å². The summed E-state index contributed by atoms with van der Waals surface area (Å²) in [5.74, 6) is 7.75. The molecule has 0 aromatic heterocycles. The second-order valence-corrected chi connectivity index (χ2v) is 7.84. The van der Waals surface area contributed by atoms with Crippen LogP contribution in [0.25, 0.3) is 10.8 Å². The molecule has 0 amide bonds. The quantitative estimate of drug-likeness (QED) is 0.130. The number of ether oxygens (including phenoxy) is 1. The first-order valence-corrected chi connectivity index (χ1v) is 11.1. The maximum atomic E-state index is 14.3. The van der Waals surface area contributed by atoms with Crippen molar-refractivity contribution in [2.24, 2.45) is 0 Å². The zero-order chi connectivity index (χ0) is 24.8. The first-order chi connectivity index (χ1) is 16.9. The Bertz CT molecular complexity index is 1500. The van der Waals surface area contributed by atoms with Crippen molar-refractivity contribution in [3.63, 3.8) is 0 Å².